The van der Waals surface area contributed by atoms with Crippen LogP contribution in [0.25, 0.3) is 11.1 Å². The van der Waals surface area contributed by atoms with Crippen LogP contribution in [0.2, 0.25) is 0 Å². The van der Waals surface area contributed by atoms with Crippen molar-refractivity contribution < 1.29 is 14.3 Å². The van der Waals surface area contributed by atoms with Crippen LogP contribution in [0.4, 0.5) is 11.5 Å². The van der Waals surface area contributed by atoms with Crippen LogP contribution in [0.5, 0.6) is 0 Å². The number of methoxy groups -OCH3 is 1. The van der Waals surface area contributed by atoms with Gasteiger partial charge in [-0.3, -0.25) is 9.59 Å². The van der Waals surface area contributed by atoms with Crippen LogP contribution in [-0.2, 0) is 20.9 Å². The lowest BCUT2D eigenvalue weighted by Gasteiger charge is -2.11. The van der Waals surface area contributed by atoms with E-state index in [-0.39, 0.29) is 18.2 Å². The molecule has 0 aliphatic carbocycles. The minimum absolute atomic E-state index is 0.00675. The third-order valence-electron chi connectivity index (χ3n) is 5.61. The molecule has 0 saturated heterocycles. The second kappa shape index (κ2) is 8.35. The van der Waals surface area contributed by atoms with Gasteiger partial charge in [0.05, 0.1) is 18.7 Å². The summed E-state index contributed by atoms with van der Waals surface area (Å²) in [7, 11) is 1.61. The lowest BCUT2D eigenvalue weighted by molar-refractivity contribution is -0.123. The molecule has 1 aliphatic heterocycles. The largest absolute Gasteiger partial charge is 0.378 e. The van der Waals surface area contributed by atoms with Crippen molar-refractivity contribution >= 4 is 23.3 Å². The van der Waals surface area contributed by atoms with Crippen molar-refractivity contribution in [2.45, 2.75) is 39.8 Å². The summed E-state index contributed by atoms with van der Waals surface area (Å²) in [6.07, 6.45) is -0.00675. The van der Waals surface area contributed by atoms with Crippen LogP contribution in [0.1, 0.15) is 34.8 Å². The number of fused-ring (bicyclic) bond motifs is 1. The van der Waals surface area contributed by atoms with Crippen LogP contribution in [0.15, 0.2) is 42.5 Å². The number of ether oxygens (including phenoxy) is 1. The van der Waals surface area contributed by atoms with Gasteiger partial charge in [0.1, 0.15) is 11.9 Å². The van der Waals surface area contributed by atoms with Gasteiger partial charge in [-0.15, -0.1) is 0 Å². The van der Waals surface area contributed by atoms with Gasteiger partial charge in [0, 0.05) is 18.4 Å². The van der Waals surface area contributed by atoms with Crippen molar-refractivity contribution in [1.82, 2.24) is 9.78 Å². The lowest BCUT2D eigenvalue weighted by atomic mass is 10.0. The number of anilines is 2. The molecule has 4 rings (SSSR count). The molecule has 1 aromatic heterocycles. The average molecular weight is 418 g/mol. The van der Waals surface area contributed by atoms with E-state index in [4.69, 9.17) is 4.74 Å². The number of rotatable bonds is 6. The topological polar surface area (TPSA) is 85.2 Å². The van der Waals surface area contributed by atoms with Gasteiger partial charge in [-0.2, -0.15) is 5.10 Å². The van der Waals surface area contributed by atoms with Gasteiger partial charge in [0.25, 0.3) is 5.91 Å². The molecule has 0 saturated carbocycles. The molecule has 0 bridgehead atoms. The first-order chi connectivity index (χ1) is 14.9. The van der Waals surface area contributed by atoms with E-state index in [1.165, 1.54) is 0 Å². The van der Waals surface area contributed by atoms with Crippen LogP contribution in [-0.4, -0.2) is 28.7 Å². The minimum Gasteiger partial charge on any atom is -0.378 e. The maximum absolute atomic E-state index is 12.7. The van der Waals surface area contributed by atoms with Crippen molar-refractivity contribution in [2.75, 3.05) is 17.7 Å². The number of amides is 2. The molecule has 2 N–H and O–H groups in total. The second-order valence-electron chi connectivity index (χ2n) is 7.97. The Hall–Kier alpha value is -3.45. The van der Waals surface area contributed by atoms with E-state index >= 15 is 0 Å². The smallest absolute Gasteiger partial charge is 0.251 e. The van der Waals surface area contributed by atoms with Crippen molar-refractivity contribution in [3.05, 3.63) is 64.8 Å². The molecule has 1 unspecified atom stereocenters. The van der Waals surface area contributed by atoms with E-state index in [0.29, 0.717) is 18.1 Å². The number of hydrogen-bond donors (Lipinski definition) is 2. The number of hydrogen-bond acceptors (Lipinski definition) is 4. The zero-order valence-electron chi connectivity index (χ0n) is 18.2. The Morgan fingerprint density at radius 1 is 1.13 bits per heavy atom. The molecule has 1 aliphatic rings. The number of benzene rings is 2. The van der Waals surface area contributed by atoms with Gasteiger partial charge in [-0.1, -0.05) is 35.9 Å². The number of aryl methyl sites for hydroxylation is 3. The number of carbonyl (C=O) groups excluding carboxylic acids is 2. The summed E-state index contributed by atoms with van der Waals surface area (Å²) in [6, 6.07) is 13.1. The van der Waals surface area contributed by atoms with E-state index in [9.17, 15) is 9.59 Å². The van der Waals surface area contributed by atoms with Gasteiger partial charge in [0.2, 0.25) is 5.91 Å². The van der Waals surface area contributed by atoms with Gasteiger partial charge in [-0.05, 0) is 49.6 Å². The maximum atomic E-state index is 12.7. The van der Waals surface area contributed by atoms with Crippen LogP contribution in [0, 0.1) is 20.8 Å². The zero-order valence-corrected chi connectivity index (χ0v) is 18.2. The van der Waals surface area contributed by atoms with Gasteiger partial charge >= 0.3 is 0 Å². The third-order valence-corrected chi connectivity index (χ3v) is 5.61. The predicted octanol–water partition coefficient (Wildman–Crippen LogP) is 4.14. The minimum atomic E-state index is -0.712. The Labute approximate surface area is 181 Å². The molecule has 7 nitrogen and oxygen atoms in total. The Bertz CT molecular complexity index is 1150. The summed E-state index contributed by atoms with van der Waals surface area (Å²) >= 11 is 0. The second-order valence-corrected chi connectivity index (χ2v) is 7.97. The van der Waals surface area contributed by atoms with Crippen LogP contribution < -0.4 is 10.6 Å². The molecule has 3 aromatic rings. The first kappa shape index (κ1) is 20.8. The summed E-state index contributed by atoms with van der Waals surface area (Å²) < 4.78 is 6.94. The molecule has 0 radical (unpaired) electrons. The maximum Gasteiger partial charge on any atom is 0.251 e. The molecular weight excluding hydrogens is 392 g/mol. The summed E-state index contributed by atoms with van der Waals surface area (Å²) in [5.41, 5.74) is 6.60. The Balaban J connectivity index is 1.61. The molecule has 31 heavy (non-hydrogen) atoms. The molecule has 2 amide bonds. The van der Waals surface area contributed by atoms with E-state index in [1.807, 2.05) is 63.2 Å². The van der Waals surface area contributed by atoms with E-state index in [2.05, 4.69) is 15.7 Å². The van der Waals surface area contributed by atoms with Crippen molar-refractivity contribution in [3.63, 3.8) is 0 Å². The van der Waals surface area contributed by atoms with Crippen molar-refractivity contribution in [2.24, 2.45) is 0 Å². The quantitative estimate of drug-likeness (QED) is 0.630. The summed E-state index contributed by atoms with van der Waals surface area (Å²) in [5.74, 6) is 0.122. The number of nitrogens with one attached hydrogen (secondary N) is 2. The molecule has 2 heterocycles. The van der Waals surface area contributed by atoms with Gasteiger partial charge in [-0.25, -0.2) is 4.68 Å². The van der Waals surface area contributed by atoms with Gasteiger partial charge < -0.3 is 15.4 Å². The SMILES string of the molecule is COCc1nn2c(c1-c1ccc(C)cc1)NC(=O)C2CC(=O)Nc1ccc(C)c(C)c1. The monoisotopic (exact) mass is 418 g/mol. The molecule has 7 heteroatoms. The predicted molar refractivity (Wildman–Crippen MR) is 120 cm³/mol. The fourth-order valence-corrected chi connectivity index (χ4v) is 3.78. The molecule has 1 atom stereocenters. The standard InChI is InChI=1S/C24H26N4O3/c1-14-5-8-17(9-6-14)22-19(13-31-4)27-28-20(24(30)26-23(22)28)12-21(29)25-18-10-7-15(2)16(3)11-18/h5-11,20H,12-13H2,1-4H3,(H,25,29)(H,26,30). The van der Waals surface area contributed by atoms with Crippen molar-refractivity contribution in [1.29, 1.82) is 0 Å². The summed E-state index contributed by atoms with van der Waals surface area (Å²) in [5, 5.41) is 10.4. The van der Waals surface area contributed by atoms with E-state index in [0.717, 1.165) is 33.5 Å². The highest BCUT2D eigenvalue weighted by Gasteiger charge is 2.37. The number of carbonyl (C=O) groups is 2. The Morgan fingerprint density at radius 3 is 2.55 bits per heavy atom. The zero-order chi connectivity index (χ0) is 22.1. The highest BCUT2D eigenvalue weighted by Crippen LogP contribution is 2.39. The van der Waals surface area contributed by atoms with E-state index in [1.54, 1.807) is 11.8 Å². The first-order valence-electron chi connectivity index (χ1n) is 10.2. The first-order valence-corrected chi connectivity index (χ1v) is 10.2. The summed E-state index contributed by atoms with van der Waals surface area (Å²) in [4.78, 5) is 25.4. The third kappa shape index (κ3) is 4.09. The summed E-state index contributed by atoms with van der Waals surface area (Å²) in [6.45, 7) is 6.34. The lowest BCUT2D eigenvalue weighted by Crippen LogP contribution is -2.24. The van der Waals surface area contributed by atoms with Crippen molar-refractivity contribution in [3.8, 4) is 11.1 Å². The molecule has 0 fully saturated rings. The number of aromatic nitrogens is 2. The Morgan fingerprint density at radius 2 is 1.87 bits per heavy atom. The highest BCUT2D eigenvalue weighted by atomic mass is 16.5. The fraction of sp³-hybridized carbons (Fsp3) is 0.292. The van der Waals surface area contributed by atoms with Gasteiger partial charge in [0.15, 0.2) is 0 Å². The highest BCUT2D eigenvalue weighted by molar-refractivity contribution is 6.04. The van der Waals surface area contributed by atoms with Crippen LogP contribution in [0.3, 0.4) is 0 Å². The molecule has 160 valence electrons. The molecular formula is C24H26N4O3. The molecule has 0 spiro atoms. The normalized spacial score (nSPS) is 15.0. The van der Waals surface area contributed by atoms with Crippen LogP contribution >= 0.6 is 0 Å². The fourth-order valence-electron chi connectivity index (χ4n) is 3.78. The molecule has 2 aromatic carbocycles. The number of nitrogens with zero attached hydrogens (tertiary/aromatic N) is 2. The Kier molecular flexibility index (Phi) is 5.61. The van der Waals surface area contributed by atoms with E-state index < -0.39 is 6.04 Å². The average Bonchev–Trinajstić information content (AvgIpc) is 3.21.